The smallest absolute Gasteiger partial charge is 0.316 e. The third kappa shape index (κ3) is 4.98. The van der Waals surface area contributed by atoms with Crippen molar-refractivity contribution in [2.24, 2.45) is 0 Å². The van der Waals surface area contributed by atoms with E-state index in [0.717, 1.165) is 11.3 Å². The molecule has 0 amide bonds. The molecule has 0 radical (unpaired) electrons. The Morgan fingerprint density at radius 1 is 1.30 bits per heavy atom. The Balaban J connectivity index is 2.21. The van der Waals surface area contributed by atoms with Gasteiger partial charge in [-0.15, -0.1) is 0 Å². The van der Waals surface area contributed by atoms with E-state index in [9.17, 15) is 10.1 Å². The van der Waals surface area contributed by atoms with Gasteiger partial charge in [0.2, 0.25) is 0 Å². The third-order valence-electron chi connectivity index (χ3n) is 2.81. The van der Waals surface area contributed by atoms with E-state index in [1.807, 2.05) is 12.1 Å². The molecule has 0 aliphatic carbocycles. The fraction of sp³-hybridized carbons (Fsp3) is 0.235. The van der Waals surface area contributed by atoms with Crippen LogP contribution in [-0.2, 0) is 9.53 Å². The lowest BCUT2D eigenvalue weighted by molar-refractivity contribution is -0.144. The second-order valence-electron chi connectivity index (χ2n) is 5.00. The van der Waals surface area contributed by atoms with Gasteiger partial charge < -0.3 is 4.74 Å². The van der Waals surface area contributed by atoms with Crippen LogP contribution in [0.25, 0.3) is 11.3 Å². The van der Waals surface area contributed by atoms with Crippen LogP contribution >= 0.6 is 23.4 Å². The molecular weight excluding hydrogens is 332 g/mol. The summed E-state index contributed by atoms with van der Waals surface area (Å²) in [5.74, 6) is -0.211. The molecule has 1 aromatic heterocycles. The van der Waals surface area contributed by atoms with Crippen LogP contribution in [0.5, 0.6) is 0 Å². The lowest BCUT2D eigenvalue weighted by atomic mass is 10.1. The van der Waals surface area contributed by atoms with Gasteiger partial charge in [-0.2, -0.15) is 5.26 Å². The minimum Gasteiger partial charge on any atom is -0.462 e. The lowest BCUT2D eigenvalue weighted by Gasteiger charge is -2.09. The summed E-state index contributed by atoms with van der Waals surface area (Å²) in [7, 11) is 0. The van der Waals surface area contributed by atoms with Gasteiger partial charge in [0.05, 0.1) is 23.1 Å². The molecule has 0 unspecified atom stereocenters. The fourth-order valence-electron chi connectivity index (χ4n) is 1.84. The number of pyridine rings is 1. The molecule has 0 aliphatic heterocycles. The lowest BCUT2D eigenvalue weighted by Crippen LogP contribution is -2.13. The molecule has 0 aliphatic rings. The molecule has 0 saturated heterocycles. The summed E-state index contributed by atoms with van der Waals surface area (Å²) in [5.41, 5.74) is 2.05. The summed E-state index contributed by atoms with van der Waals surface area (Å²) < 4.78 is 5.09. The van der Waals surface area contributed by atoms with Crippen molar-refractivity contribution in [1.82, 2.24) is 4.98 Å². The molecule has 0 spiro atoms. The van der Waals surface area contributed by atoms with Crippen molar-refractivity contribution in [1.29, 1.82) is 5.26 Å². The van der Waals surface area contributed by atoms with Gasteiger partial charge in [-0.1, -0.05) is 35.5 Å². The Kier molecular flexibility index (Phi) is 6.03. The minimum absolute atomic E-state index is 0.115. The van der Waals surface area contributed by atoms with Crippen LogP contribution in [-0.4, -0.2) is 22.8 Å². The quantitative estimate of drug-likeness (QED) is 0.596. The number of carbonyl (C=O) groups excluding carboxylic acids is 1. The normalized spacial score (nSPS) is 10.4. The largest absolute Gasteiger partial charge is 0.462 e. The number of halogens is 1. The summed E-state index contributed by atoms with van der Waals surface area (Å²) >= 11 is 7.08. The van der Waals surface area contributed by atoms with Gasteiger partial charge in [-0.3, -0.25) is 4.79 Å². The van der Waals surface area contributed by atoms with Gasteiger partial charge in [0.25, 0.3) is 0 Å². The first-order valence-electron chi connectivity index (χ1n) is 6.99. The highest BCUT2D eigenvalue weighted by atomic mass is 35.5. The summed E-state index contributed by atoms with van der Waals surface area (Å²) in [5, 5.41) is 10.4. The summed E-state index contributed by atoms with van der Waals surface area (Å²) in [6, 6.07) is 12.9. The maximum atomic E-state index is 11.7. The van der Waals surface area contributed by atoms with Gasteiger partial charge >= 0.3 is 5.97 Å². The first kappa shape index (κ1) is 17.3. The summed E-state index contributed by atoms with van der Waals surface area (Å²) in [4.78, 5) is 16.1. The molecule has 1 aromatic carbocycles. The molecule has 4 nitrogen and oxygen atoms in total. The standard InChI is InChI=1S/C17H15ClN2O2S/c1-11(2)22-16(21)10-23-17-13(9-19)5-8-15(20-17)12-3-6-14(18)7-4-12/h3-8,11H,10H2,1-2H3. The van der Waals surface area contributed by atoms with Crippen LogP contribution in [0.1, 0.15) is 19.4 Å². The number of carbonyl (C=O) groups is 1. The van der Waals surface area contributed by atoms with Crippen LogP contribution < -0.4 is 0 Å². The van der Waals surface area contributed by atoms with Gasteiger partial charge in [0.15, 0.2) is 0 Å². The zero-order valence-corrected chi connectivity index (χ0v) is 14.3. The molecule has 23 heavy (non-hydrogen) atoms. The van der Waals surface area contributed by atoms with Crippen molar-refractivity contribution in [3.63, 3.8) is 0 Å². The average Bonchev–Trinajstić information content (AvgIpc) is 2.52. The fourth-order valence-corrected chi connectivity index (χ4v) is 2.72. The number of rotatable bonds is 5. The monoisotopic (exact) mass is 346 g/mol. The van der Waals surface area contributed by atoms with Crippen molar-refractivity contribution < 1.29 is 9.53 Å². The highest BCUT2D eigenvalue weighted by Crippen LogP contribution is 2.26. The Morgan fingerprint density at radius 2 is 2.00 bits per heavy atom. The molecule has 6 heteroatoms. The number of hydrogen-bond acceptors (Lipinski definition) is 5. The van der Waals surface area contributed by atoms with E-state index in [2.05, 4.69) is 11.1 Å². The van der Waals surface area contributed by atoms with E-state index in [1.165, 1.54) is 11.8 Å². The number of hydrogen-bond donors (Lipinski definition) is 0. The topological polar surface area (TPSA) is 63.0 Å². The van der Waals surface area contributed by atoms with Crippen LogP contribution in [0, 0.1) is 11.3 Å². The molecule has 0 bridgehead atoms. The average molecular weight is 347 g/mol. The van der Waals surface area contributed by atoms with E-state index >= 15 is 0 Å². The van der Waals surface area contributed by atoms with E-state index in [1.54, 1.807) is 38.1 Å². The van der Waals surface area contributed by atoms with Gasteiger partial charge in [-0.25, -0.2) is 4.98 Å². The molecule has 2 aromatic rings. The van der Waals surface area contributed by atoms with Crippen molar-refractivity contribution in [3.8, 4) is 17.3 Å². The molecule has 0 saturated carbocycles. The zero-order chi connectivity index (χ0) is 16.8. The second-order valence-corrected chi connectivity index (χ2v) is 6.40. The number of esters is 1. The van der Waals surface area contributed by atoms with Gasteiger partial charge in [0.1, 0.15) is 11.1 Å². The second kappa shape index (κ2) is 8.00. The number of nitrogens with zero attached hydrogens (tertiary/aromatic N) is 2. The number of ether oxygens (including phenoxy) is 1. The van der Waals surface area contributed by atoms with Crippen LogP contribution in [0.4, 0.5) is 0 Å². The number of aromatic nitrogens is 1. The summed E-state index contributed by atoms with van der Waals surface area (Å²) in [6.45, 7) is 3.59. The van der Waals surface area contributed by atoms with Crippen molar-refractivity contribution in [2.75, 3.05) is 5.75 Å². The van der Waals surface area contributed by atoms with Crippen LogP contribution in [0.15, 0.2) is 41.4 Å². The maximum Gasteiger partial charge on any atom is 0.316 e. The van der Waals surface area contributed by atoms with Crippen molar-refractivity contribution >= 4 is 29.3 Å². The van der Waals surface area contributed by atoms with E-state index in [-0.39, 0.29) is 17.8 Å². The summed E-state index contributed by atoms with van der Waals surface area (Å²) in [6.07, 6.45) is -0.160. The van der Waals surface area contributed by atoms with Crippen LogP contribution in [0.3, 0.4) is 0 Å². The highest BCUT2D eigenvalue weighted by molar-refractivity contribution is 7.99. The maximum absolute atomic E-state index is 11.7. The molecule has 0 N–H and O–H groups in total. The Labute approximate surface area is 144 Å². The SMILES string of the molecule is CC(C)OC(=O)CSc1nc(-c2ccc(Cl)cc2)ccc1C#N. The number of thioether (sulfide) groups is 1. The molecular formula is C17H15ClN2O2S. The van der Waals surface area contributed by atoms with E-state index in [4.69, 9.17) is 16.3 Å². The Hall–Kier alpha value is -2.03. The van der Waals surface area contributed by atoms with E-state index in [0.29, 0.717) is 15.6 Å². The Bertz CT molecular complexity index is 739. The minimum atomic E-state index is -0.326. The number of benzene rings is 1. The number of nitriles is 1. The van der Waals surface area contributed by atoms with Gasteiger partial charge in [-0.05, 0) is 38.1 Å². The van der Waals surface area contributed by atoms with Gasteiger partial charge in [0, 0.05) is 10.6 Å². The first-order valence-corrected chi connectivity index (χ1v) is 8.35. The molecule has 2 rings (SSSR count). The molecule has 0 fully saturated rings. The van der Waals surface area contributed by atoms with Crippen molar-refractivity contribution in [3.05, 3.63) is 47.0 Å². The van der Waals surface area contributed by atoms with Crippen LogP contribution in [0.2, 0.25) is 5.02 Å². The van der Waals surface area contributed by atoms with Crippen molar-refractivity contribution in [2.45, 2.75) is 25.0 Å². The predicted octanol–water partition coefficient (Wildman–Crippen LogP) is 4.32. The molecule has 118 valence electrons. The highest BCUT2D eigenvalue weighted by Gasteiger charge is 2.12. The Morgan fingerprint density at radius 3 is 2.61 bits per heavy atom. The zero-order valence-electron chi connectivity index (χ0n) is 12.7. The first-order chi connectivity index (χ1) is 11.0. The van der Waals surface area contributed by atoms with E-state index < -0.39 is 0 Å². The third-order valence-corrected chi connectivity index (χ3v) is 4.03. The molecule has 1 heterocycles. The predicted molar refractivity (Wildman–Crippen MR) is 91.4 cm³/mol. The molecule has 0 atom stereocenters.